The maximum absolute atomic E-state index is 10.4. The summed E-state index contributed by atoms with van der Waals surface area (Å²) in [5, 5.41) is 21.6. The molecule has 0 aliphatic carbocycles. The first-order chi connectivity index (χ1) is 7.33. The van der Waals surface area contributed by atoms with Gasteiger partial charge in [0.2, 0.25) is 0 Å². The van der Waals surface area contributed by atoms with Crippen LogP contribution in [-0.2, 0) is 0 Å². The van der Waals surface area contributed by atoms with Crippen molar-refractivity contribution in [1.82, 2.24) is 10.6 Å². The Labute approximate surface area is 95.0 Å². The maximum Gasteiger partial charge on any atom is 0.405 e. The molecule has 6 nitrogen and oxygen atoms in total. The lowest BCUT2D eigenvalue weighted by molar-refractivity contribution is 0.179. The van der Waals surface area contributed by atoms with E-state index in [1.165, 1.54) is 0 Å². The Kier molecular flexibility index (Phi) is 6.29. The van der Waals surface area contributed by atoms with E-state index in [9.17, 15) is 9.59 Å². The quantitative estimate of drug-likeness (QED) is 0.503. The standard InChI is InChI=1S/C10H20N2O4/c1-10(2,12-9(15)16)6-4-3-5-7-11-8(13)14/h11-12H,3-7H2,1-2H3,(H,13,14)(H,15,16). The monoisotopic (exact) mass is 232 g/mol. The van der Waals surface area contributed by atoms with Crippen molar-refractivity contribution in [2.24, 2.45) is 0 Å². The van der Waals surface area contributed by atoms with Gasteiger partial charge in [0.15, 0.2) is 0 Å². The summed E-state index contributed by atoms with van der Waals surface area (Å²) in [6.07, 6.45) is 1.24. The van der Waals surface area contributed by atoms with E-state index in [0.717, 1.165) is 25.7 Å². The lowest BCUT2D eigenvalue weighted by atomic mass is 9.97. The summed E-state index contributed by atoms with van der Waals surface area (Å²) in [5.74, 6) is 0. The Morgan fingerprint density at radius 3 is 2.19 bits per heavy atom. The largest absolute Gasteiger partial charge is 0.465 e. The number of carbonyl (C=O) groups is 2. The van der Waals surface area contributed by atoms with Gasteiger partial charge in [-0.3, -0.25) is 0 Å². The fraction of sp³-hybridized carbons (Fsp3) is 0.800. The zero-order chi connectivity index (χ0) is 12.6. The van der Waals surface area contributed by atoms with Crippen molar-refractivity contribution in [3.8, 4) is 0 Å². The summed E-state index contributed by atoms with van der Waals surface area (Å²) < 4.78 is 0. The van der Waals surface area contributed by atoms with E-state index in [4.69, 9.17) is 10.2 Å². The molecule has 0 saturated carbocycles. The van der Waals surface area contributed by atoms with Gasteiger partial charge in [0.1, 0.15) is 0 Å². The average molecular weight is 232 g/mol. The molecule has 0 spiro atoms. The average Bonchev–Trinajstić information content (AvgIpc) is 2.08. The van der Waals surface area contributed by atoms with Crippen LogP contribution >= 0.6 is 0 Å². The SMILES string of the molecule is CC(C)(CCCCCNC(=O)O)NC(=O)O. The van der Waals surface area contributed by atoms with Crippen LogP contribution in [0.25, 0.3) is 0 Å². The summed E-state index contributed by atoms with van der Waals surface area (Å²) in [6.45, 7) is 4.11. The van der Waals surface area contributed by atoms with E-state index < -0.39 is 17.7 Å². The number of carboxylic acid groups (broad SMARTS) is 2. The summed E-state index contributed by atoms with van der Waals surface area (Å²) in [7, 11) is 0. The van der Waals surface area contributed by atoms with Crippen LogP contribution in [0.2, 0.25) is 0 Å². The van der Waals surface area contributed by atoms with Crippen LogP contribution in [0.3, 0.4) is 0 Å². The predicted molar refractivity (Wildman–Crippen MR) is 59.7 cm³/mol. The Morgan fingerprint density at radius 2 is 1.69 bits per heavy atom. The molecule has 0 aromatic rings. The topological polar surface area (TPSA) is 98.7 Å². The number of amides is 2. The third kappa shape index (κ3) is 9.11. The van der Waals surface area contributed by atoms with E-state index >= 15 is 0 Å². The van der Waals surface area contributed by atoms with Crippen LogP contribution in [0.1, 0.15) is 39.5 Å². The lowest BCUT2D eigenvalue weighted by Crippen LogP contribution is -2.42. The molecule has 0 aliphatic heterocycles. The van der Waals surface area contributed by atoms with Gasteiger partial charge in [-0.05, 0) is 26.7 Å². The summed E-state index contributed by atoms with van der Waals surface area (Å²) in [4.78, 5) is 20.6. The molecule has 94 valence electrons. The van der Waals surface area contributed by atoms with E-state index in [0.29, 0.717) is 6.54 Å². The second kappa shape index (κ2) is 6.92. The molecule has 0 atom stereocenters. The van der Waals surface area contributed by atoms with E-state index in [1.807, 2.05) is 13.8 Å². The Balaban J connectivity index is 3.50. The van der Waals surface area contributed by atoms with E-state index in [-0.39, 0.29) is 0 Å². The summed E-state index contributed by atoms with van der Waals surface area (Å²) in [6, 6.07) is 0. The number of unbranched alkanes of at least 4 members (excludes halogenated alkanes) is 2. The minimum Gasteiger partial charge on any atom is -0.465 e. The van der Waals surface area contributed by atoms with Crippen LogP contribution < -0.4 is 10.6 Å². The molecule has 0 bridgehead atoms. The Bertz CT molecular complexity index is 241. The molecule has 0 radical (unpaired) electrons. The number of hydrogen-bond donors (Lipinski definition) is 4. The molecule has 2 amide bonds. The van der Waals surface area contributed by atoms with Crippen molar-refractivity contribution in [1.29, 1.82) is 0 Å². The molecule has 0 aromatic heterocycles. The molecule has 0 unspecified atom stereocenters. The smallest absolute Gasteiger partial charge is 0.405 e. The van der Waals surface area contributed by atoms with Crippen LogP contribution in [0, 0.1) is 0 Å². The summed E-state index contributed by atoms with van der Waals surface area (Å²) >= 11 is 0. The molecule has 0 aromatic carbocycles. The highest BCUT2D eigenvalue weighted by molar-refractivity contribution is 5.65. The first-order valence-corrected chi connectivity index (χ1v) is 5.31. The van der Waals surface area contributed by atoms with Gasteiger partial charge in [-0.15, -0.1) is 0 Å². The van der Waals surface area contributed by atoms with Gasteiger partial charge in [-0.25, -0.2) is 9.59 Å². The van der Waals surface area contributed by atoms with Gasteiger partial charge < -0.3 is 20.8 Å². The minimum atomic E-state index is -1.02. The summed E-state index contributed by atoms with van der Waals surface area (Å²) in [5.41, 5.74) is -0.425. The van der Waals surface area contributed by atoms with Crippen LogP contribution in [0.5, 0.6) is 0 Å². The molecule has 0 aliphatic rings. The van der Waals surface area contributed by atoms with Crippen molar-refractivity contribution in [2.75, 3.05) is 6.54 Å². The van der Waals surface area contributed by atoms with Crippen LogP contribution in [0.4, 0.5) is 9.59 Å². The zero-order valence-electron chi connectivity index (χ0n) is 9.75. The number of hydrogen-bond acceptors (Lipinski definition) is 2. The highest BCUT2D eigenvalue weighted by atomic mass is 16.4. The molecule has 0 fully saturated rings. The first kappa shape index (κ1) is 14.5. The van der Waals surface area contributed by atoms with Crippen molar-refractivity contribution >= 4 is 12.2 Å². The molecular formula is C10H20N2O4. The minimum absolute atomic E-state index is 0.425. The van der Waals surface area contributed by atoms with Gasteiger partial charge >= 0.3 is 12.2 Å². The first-order valence-electron chi connectivity index (χ1n) is 5.31. The van der Waals surface area contributed by atoms with Gasteiger partial charge in [0, 0.05) is 12.1 Å². The van der Waals surface area contributed by atoms with Gasteiger partial charge in [-0.2, -0.15) is 0 Å². The fourth-order valence-electron chi connectivity index (χ4n) is 1.42. The third-order valence-corrected chi connectivity index (χ3v) is 2.20. The fourth-order valence-corrected chi connectivity index (χ4v) is 1.42. The molecule has 0 rings (SSSR count). The van der Waals surface area contributed by atoms with Gasteiger partial charge in [-0.1, -0.05) is 12.8 Å². The van der Waals surface area contributed by atoms with Crippen LogP contribution in [0.15, 0.2) is 0 Å². The van der Waals surface area contributed by atoms with Crippen molar-refractivity contribution in [3.63, 3.8) is 0 Å². The highest BCUT2D eigenvalue weighted by Gasteiger charge is 2.18. The van der Waals surface area contributed by atoms with Gasteiger partial charge in [0.05, 0.1) is 0 Å². The normalized spacial score (nSPS) is 10.9. The van der Waals surface area contributed by atoms with Crippen LogP contribution in [-0.4, -0.2) is 34.5 Å². The zero-order valence-corrected chi connectivity index (χ0v) is 9.75. The lowest BCUT2D eigenvalue weighted by Gasteiger charge is -2.24. The van der Waals surface area contributed by atoms with E-state index in [1.54, 1.807) is 0 Å². The molecule has 0 heterocycles. The molecule has 4 N–H and O–H groups in total. The second-order valence-electron chi connectivity index (χ2n) is 4.36. The van der Waals surface area contributed by atoms with E-state index in [2.05, 4.69) is 10.6 Å². The predicted octanol–water partition coefficient (Wildman–Crippen LogP) is 1.86. The Hall–Kier alpha value is -1.46. The van der Waals surface area contributed by atoms with Crippen molar-refractivity contribution in [3.05, 3.63) is 0 Å². The highest BCUT2D eigenvalue weighted by Crippen LogP contribution is 2.13. The van der Waals surface area contributed by atoms with Crippen molar-refractivity contribution in [2.45, 2.75) is 45.1 Å². The molecular weight excluding hydrogens is 212 g/mol. The second-order valence-corrected chi connectivity index (χ2v) is 4.36. The third-order valence-electron chi connectivity index (χ3n) is 2.20. The van der Waals surface area contributed by atoms with Gasteiger partial charge in [0.25, 0.3) is 0 Å². The maximum atomic E-state index is 10.4. The molecule has 16 heavy (non-hydrogen) atoms. The number of nitrogens with one attached hydrogen (secondary N) is 2. The Morgan fingerprint density at radius 1 is 1.06 bits per heavy atom. The molecule has 0 saturated heterocycles. The van der Waals surface area contributed by atoms with Crippen molar-refractivity contribution < 1.29 is 19.8 Å². The number of rotatable bonds is 7. The molecule has 6 heteroatoms.